The molecule has 20 heavy (non-hydrogen) atoms. The fourth-order valence-electron chi connectivity index (χ4n) is 2.61. The summed E-state index contributed by atoms with van der Waals surface area (Å²) in [4.78, 5) is 0. The van der Waals surface area contributed by atoms with Gasteiger partial charge in [0.15, 0.2) is 0 Å². The van der Waals surface area contributed by atoms with Gasteiger partial charge < -0.3 is 4.74 Å². The van der Waals surface area contributed by atoms with E-state index >= 15 is 0 Å². The number of hydrogen-bond donors (Lipinski definition) is 0. The number of rotatable bonds is 3. The van der Waals surface area contributed by atoms with E-state index in [0.717, 1.165) is 33.8 Å². The Morgan fingerprint density at radius 1 is 0.950 bits per heavy atom. The first kappa shape index (κ1) is 14.0. The average molecular weight is 352 g/mol. The minimum Gasteiger partial charge on any atom is -0.457 e. The van der Waals surface area contributed by atoms with Crippen LogP contribution in [0.2, 0.25) is 5.02 Å². The van der Waals surface area contributed by atoms with Gasteiger partial charge in [-0.2, -0.15) is 0 Å². The predicted molar refractivity (Wildman–Crippen MR) is 87.2 cm³/mol. The van der Waals surface area contributed by atoms with Gasteiger partial charge in [0.05, 0.1) is 0 Å². The zero-order valence-corrected chi connectivity index (χ0v) is 13.5. The molecule has 2 aromatic rings. The summed E-state index contributed by atoms with van der Waals surface area (Å²) in [6.45, 7) is 0. The molecule has 0 aliphatic heterocycles. The van der Waals surface area contributed by atoms with Crippen LogP contribution in [0, 0.1) is 0 Å². The van der Waals surface area contributed by atoms with Gasteiger partial charge >= 0.3 is 0 Å². The van der Waals surface area contributed by atoms with Crippen LogP contribution in [0.4, 0.5) is 0 Å². The van der Waals surface area contributed by atoms with E-state index in [1.807, 2.05) is 18.2 Å². The van der Waals surface area contributed by atoms with E-state index in [4.69, 9.17) is 16.3 Å². The normalized spacial score (nSPS) is 13.9. The molecule has 0 aromatic heterocycles. The monoisotopic (exact) mass is 350 g/mol. The largest absolute Gasteiger partial charge is 0.457 e. The summed E-state index contributed by atoms with van der Waals surface area (Å²) >= 11 is 9.62. The summed E-state index contributed by atoms with van der Waals surface area (Å²) in [5.41, 5.74) is 3.97. The summed E-state index contributed by atoms with van der Waals surface area (Å²) < 4.78 is 5.93. The second-order valence-corrected chi connectivity index (χ2v) is 6.09. The molecule has 1 nitrogen and oxygen atoms in total. The van der Waals surface area contributed by atoms with Crippen LogP contribution in [0.3, 0.4) is 0 Å². The van der Waals surface area contributed by atoms with Crippen LogP contribution in [0.1, 0.15) is 29.5 Å². The number of halogens is 2. The van der Waals surface area contributed by atoms with Crippen LogP contribution in [0.5, 0.6) is 11.5 Å². The van der Waals surface area contributed by atoms with E-state index in [1.165, 1.54) is 30.4 Å². The lowest BCUT2D eigenvalue weighted by Crippen LogP contribution is -2.02. The summed E-state index contributed by atoms with van der Waals surface area (Å²) in [7, 11) is 0. The molecule has 0 saturated carbocycles. The number of alkyl halides is 1. The Bertz CT molecular complexity index is 624. The Hall–Kier alpha value is -0.990. The average Bonchev–Trinajstić information content (AvgIpc) is 2.47. The fraction of sp³-hybridized carbons (Fsp3) is 0.294. The third kappa shape index (κ3) is 3.02. The quantitative estimate of drug-likeness (QED) is 0.625. The first-order valence-corrected chi connectivity index (χ1v) is 8.40. The second-order valence-electron chi connectivity index (χ2n) is 5.13. The van der Waals surface area contributed by atoms with Gasteiger partial charge in [0, 0.05) is 10.4 Å². The summed E-state index contributed by atoms with van der Waals surface area (Å²) in [5.74, 6) is 1.68. The van der Waals surface area contributed by atoms with Gasteiger partial charge in [-0.3, -0.25) is 0 Å². The molecule has 0 bridgehead atoms. The molecule has 3 heteroatoms. The lowest BCUT2D eigenvalue weighted by atomic mass is 9.92. The Balaban J connectivity index is 1.82. The molecule has 0 amide bonds. The van der Waals surface area contributed by atoms with Crippen molar-refractivity contribution in [2.45, 2.75) is 31.0 Å². The summed E-state index contributed by atoms with van der Waals surface area (Å²) in [5, 5.41) is 1.49. The lowest BCUT2D eigenvalue weighted by molar-refractivity contribution is 0.480. The molecule has 0 fully saturated rings. The number of hydrogen-bond acceptors (Lipinski definition) is 1. The standard InChI is InChI=1S/C17H16BrClO/c18-11-14-6-8-16(10-17(14)19)20-15-7-5-12-3-1-2-4-13(12)9-15/h5-10H,1-4,11H2. The molecule has 0 saturated heterocycles. The highest BCUT2D eigenvalue weighted by Crippen LogP contribution is 2.30. The van der Waals surface area contributed by atoms with Crippen molar-refractivity contribution < 1.29 is 4.74 Å². The SMILES string of the molecule is Clc1cc(Oc2ccc3c(c2)CCCC3)ccc1CBr. The van der Waals surface area contributed by atoms with Crippen molar-refractivity contribution in [3.8, 4) is 11.5 Å². The maximum atomic E-state index is 6.20. The van der Waals surface area contributed by atoms with E-state index in [2.05, 4.69) is 34.1 Å². The number of fused-ring (bicyclic) bond motifs is 1. The molecular formula is C17H16BrClO. The van der Waals surface area contributed by atoms with E-state index in [1.54, 1.807) is 0 Å². The van der Waals surface area contributed by atoms with Gasteiger partial charge in [-0.25, -0.2) is 0 Å². The van der Waals surface area contributed by atoms with Gasteiger partial charge in [-0.15, -0.1) is 0 Å². The highest BCUT2D eigenvalue weighted by Gasteiger charge is 2.10. The van der Waals surface area contributed by atoms with Gasteiger partial charge in [0.25, 0.3) is 0 Å². The minimum atomic E-state index is 0.734. The van der Waals surface area contributed by atoms with Crippen molar-refractivity contribution in [3.05, 3.63) is 58.1 Å². The van der Waals surface area contributed by atoms with Crippen LogP contribution < -0.4 is 4.74 Å². The fourth-order valence-corrected chi connectivity index (χ4v) is 3.50. The Morgan fingerprint density at radius 3 is 2.40 bits per heavy atom. The van der Waals surface area contributed by atoms with Gasteiger partial charge in [-0.1, -0.05) is 39.7 Å². The van der Waals surface area contributed by atoms with Crippen molar-refractivity contribution in [2.24, 2.45) is 0 Å². The van der Waals surface area contributed by atoms with Crippen LogP contribution in [-0.2, 0) is 18.2 Å². The van der Waals surface area contributed by atoms with Crippen molar-refractivity contribution in [2.75, 3.05) is 0 Å². The topological polar surface area (TPSA) is 9.23 Å². The molecule has 0 heterocycles. The maximum Gasteiger partial charge on any atom is 0.128 e. The molecule has 0 spiro atoms. The van der Waals surface area contributed by atoms with Crippen LogP contribution in [-0.4, -0.2) is 0 Å². The highest BCUT2D eigenvalue weighted by molar-refractivity contribution is 9.08. The first-order valence-electron chi connectivity index (χ1n) is 6.90. The smallest absolute Gasteiger partial charge is 0.128 e. The first-order chi connectivity index (χ1) is 9.76. The van der Waals surface area contributed by atoms with Gasteiger partial charge in [0.1, 0.15) is 11.5 Å². The molecular weight excluding hydrogens is 336 g/mol. The Morgan fingerprint density at radius 2 is 1.65 bits per heavy atom. The zero-order chi connectivity index (χ0) is 13.9. The van der Waals surface area contributed by atoms with Crippen molar-refractivity contribution in [3.63, 3.8) is 0 Å². The third-order valence-electron chi connectivity index (χ3n) is 3.72. The van der Waals surface area contributed by atoms with Gasteiger partial charge in [-0.05, 0) is 66.6 Å². The van der Waals surface area contributed by atoms with Crippen molar-refractivity contribution in [1.82, 2.24) is 0 Å². The zero-order valence-electron chi connectivity index (χ0n) is 11.2. The number of ether oxygens (including phenoxy) is 1. The third-order valence-corrected chi connectivity index (χ3v) is 4.68. The van der Waals surface area contributed by atoms with Crippen molar-refractivity contribution >= 4 is 27.5 Å². The number of aryl methyl sites for hydroxylation is 2. The molecule has 1 aliphatic carbocycles. The van der Waals surface area contributed by atoms with Crippen molar-refractivity contribution in [1.29, 1.82) is 0 Å². The van der Waals surface area contributed by atoms with Crippen LogP contribution in [0.25, 0.3) is 0 Å². The second kappa shape index (κ2) is 6.19. The Kier molecular flexibility index (Phi) is 4.32. The molecule has 3 rings (SSSR count). The lowest BCUT2D eigenvalue weighted by Gasteiger charge is -2.17. The van der Waals surface area contributed by atoms with E-state index < -0.39 is 0 Å². The maximum absolute atomic E-state index is 6.20. The summed E-state index contributed by atoms with van der Waals surface area (Å²) in [6.07, 6.45) is 4.94. The minimum absolute atomic E-state index is 0.734. The van der Waals surface area contributed by atoms with Crippen LogP contribution in [0.15, 0.2) is 36.4 Å². The van der Waals surface area contributed by atoms with E-state index in [-0.39, 0.29) is 0 Å². The van der Waals surface area contributed by atoms with Gasteiger partial charge in [0.2, 0.25) is 0 Å². The van der Waals surface area contributed by atoms with E-state index in [0.29, 0.717) is 0 Å². The molecule has 104 valence electrons. The Labute approximate surface area is 133 Å². The van der Waals surface area contributed by atoms with Crippen LogP contribution >= 0.6 is 27.5 Å². The molecule has 2 aromatic carbocycles. The molecule has 0 unspecified atom stereocenters. The predicted octanol–water partition coefficient (Wildman–Crippen LogP) is 5.91. The summed E-state index contributed by atoms with van der Waals surface area (Å²) in [6, 6.07) is 12.2. The molecule has 1 aliphatic rings. The molecule has 0 radical (unpaired) electrons. The molecule has 0 atom stereocenters. The number of benzene rings is 2. The molecule has 0 N–H and O–H groups in total. The highest BCUT2D eigenvalue weighted by atomic mass is 79.9. The van der Waals surface area contributed by atoms with E-state index in [9.17, 15) is 0 Å².